The number of morpholine rings is 1. The van der Waals surface area contributed by atoms with E-state index in [1.807, 2.05) is 18.3 Å². The van der Waals surface area contributed by atoms with Gasteiger partial charge in [-0.15, -0.1) is 0 Å². The Morgan fingerprint density at radius 1 is 1.00 bits per heavy atom. The van der Waals surface area contributed by atoms with Gasteiger partial charge in [-0.2, -0.15) is 4.98 Å². The van der Waals surface area contributed by atoms with Gasteiger partial charge in [-0.1, -0.05) is 31.4 Å². The molecule has 1 saturated heterocycles. The Morgan fingerprint density at radius 3 is 2.69 bits per heavy atom. The molecule has 8 nitrogen and oxygen atoms in total. The molecule has 4 heterocycles. The van der Waals surface area contributed by atoms with Crippen molar-refractivity contribution in [1.82, 2.24) is 15.0 Å². The second-order valence-corrected chi connectivity index (χ2v) is 10.0. The number of hydrogen-bond donors (Lipinski definition) is 2. The van der Waals surface area contributed by atoms with Crippen molar-refractivity contribution in [3.63, 3.8) is 0 Å². The number of benzene rings is 1. The highest BCUT2D eigenvalue weighted by atomic mass is 16.5. The lowest BCUT2D eigenvalue weighted by atomic mass is 9.89. The molecule has 0 bridgehead atoms. The summed E-state index contributed by atoms with van der Waals surface area (Å²) in [5.41, 5.74) is 4.01. The van der Waals surface area contributed by atoms with Gasteiger partial charge in [0.15, 0.2) is 0 Å². The summed E-state index contributed by atoms with van der Waals surface area (Å²) in [4.78, 5) is 19.1. The summed E-state index contributed by atoms with van der Waals surface area (Å²) in [6.07, 6.45) is 9.41. The predicted octanol–water partition coefficient (Wildman–Crippen LogP) is 4.77. The van der Waals surface area contributed by atoms with Crippen LogP contribution in [0.5, 0.6) is 5.75 Å². The molecule has 2 N–H and O–H groups in total. The first-order valence-electron chi connectivity index (χ1n) is 13.2. The van der Waals surface area contributed by atoms with Crippen LogP contribution in [0.15, 0.2) is 42.6 Å². The second kappa shape index (κ2) is 10.3. The van der Waals surface area contributed by atoms with Gasteiger partial charge in [0.1, 0.15) is 17.4 Å². The average Bonchev–Trinajstić information content (AvgIpc) is 3.37. The molecule has 1 aliphatic carbocycles. The molecule has 1 aromatic carbocycles. The molecule has 36 heavy (non-hydrogen) atoms. The van der Waals surface area contributed by atoms with E-state index in [2.05, 4.69) is 32.2 Å². The Kier molecular flexibility index (Phi) is 6.59. The van der Waals surface area contributed by atoms with Crippen molar-refractivity contribution in [2.45, 2.75) is 38.5 Å². The van der Waals surface area contributed by atoms with E-state index >= 15 is 0 Å². The van der Waals surface area contributed by atoms with E-state index in [4.69, 9.17) is 14.7 Å². The molecule has 2 aromatic heterocycles. The number of ether oxygens (including phenoxy) is 1. The Labute approximate surface area is 212 Å². The van der Waals surface area contributed by atoms with E-state index in [9.17, 15) is 5.11 Å². The summed E-state index contributed by atoms with van der Waals surface area (Å²) < 4.78 is 5.56. The van der Waals surface area contributed by atoms with Crippen LogP contribution in [-0.2, 0) is 11.2 Å². The maximum absolute atomic E-state index is 10.2. The van der Waals surface area contributed by atoms with Crippen LogP contribution in [0.25, 0.3) is 11.3 Å². The summed E-state index contributed by atoms with van der Waals surface area (Å²) in [5.74, 6) is 3.55. The second-order valence-electron chi connectivity index (χ2n) is 10.0. The third kappa shape index (κ3) is 4.82. The summed E-state index contributed by atoms with van der Waals surface area (Å²) in [5, 5.41) is 13.7. The molecular weight excluding hydrogens is 452 g/mol. The minimum absolute atomic E-state index is 0.241. The first-order valence-corrected chi connectivity index (χ1v) is 13.2. The number of phenolic OH excluding ortho intramolecular Hbond substituents is 1. The maximum Gasteiger partial charge on any atom is 0.228 e. The van der Waals surface area contributed by atoms with Crippen molar-refractivity contribution in [3.05, 3.63) is 48.2 Å². The highest BCUT2D eigenvalue weighted by Gasteiger charge is 2.29. The number of nitrogens with one attached hydrogen (secondary N) is 1. The van der Waals surface area contributed by atoms with Crippen LogP contribution in [0.3, 0.4) is 0 Å². The smallest absolute Gasteiger partial charge is 0.228 e. The van der Waals surface area contributed by atoms with E-state index in [1.165, 1.54) is 32.1 Å². The third-order valence-corrected chi connectivity index (χ3v) is 7.58. The molecule has 2 aliphatic heterocycles. The minimum atomic E-state index is 0.241. The molecule has 0 spiro atoms. The van der Waals surface area contributed by atoms with E-state index in [0.717, 1.165) is 72.7 Å². The van der Waals surface area contributed by atoms with Gasteiger partial charge in [0.25, 0.3) is 0 Å². The molecule has 2 fully saturated rings. The van der Waals surface area contributed by atoms with Crippen molar-refractivity contribution in [3.8, 4) is 17.0 Å². The van der Waals surface area contributed by atoms with E-state index < -0.39 is 0 Å². The number of anilines is 4. The van der Waals surface area contributed by atoms with Crippen LogP contribution in [0, 0.1) is 5.92 Å². The first-order chi connectivity index (χ1) is 17.7. The van der Waals surface area contributed by atoms with Gasteiger partial charge in [0, 0.05) is 55.3 Å². The van der Waals surface area contributed by atoms with Gasteiger partial charge in [-0.3, -0.25) is 0 Å². The summed E-state index contributed by atoms with van der Waals surface area (Å²) >= 11 is 0. The lowest BCUT2D eigenvalue weighted by Gasteiger charge is -2.28. The molecular formula is C28H34N6O2. The van der Waals surface area contributed by atoms with Gasteiger partial charge in [-0.05, 0) is 43.4 Å². The largest absolute Gasteiger partial charge is 0.508 e. The van der Waals surface area contributed by atoms with Crippen LogP contribution >= 0.6 is 0 Å². The summed E-state index contributed by atoms with van der Waals surface area (Å²) in [6.45, 7) is 4.69. The monoisotopic (exact) mass is 486 g/mol. The number of fused-ring (bicyclic) bond motifs is 1. The topological polar surface area (TPSA) is 86.6 Å². The lowest BCUT2D eigenvalue weighted by Crippen LogP contribution is -2.37. The van der Waals surface area contributed by atoms with Gasteiger partial charge in [0.05, 0.1) is 18.9 Å². The Balaban J connectivity index is 1.33. The minimum Gasteiger partial charge on any atom is -0.508 e. The van der Waals surface area contributed by atoms with Crippen molar-refractivity contribution in [1.29, 1.82) is 0 Å². The Hall–Kier alpha value is -3.39. The van der Waals surface area contributed by atoms with Gasteiger partial charge >= 0.3 is 0 Å². The molecule has 8 heteroatoms. The molecule has 1 saturated carbocycles. The number of nitrogens with zero attached hydrogens (tertiary/aromatic N) is 5. The fourth-order valence-electron chi connectivity index (χ4n) is 5.62. The van der Waals surface area contributed by atoms with Crippen LogP contribution in [0.4, 0.5) is 23.3 Å². The Morgan fingerprint density at radius 2 is 1.86 bits per heavy atom. The Bertz CT molecular complexity index is 1210. The molecule has 0 radical (unpaired) electrons. The molecule has 6 rings (SSSR count). The number of pyridine rings is 1. The maximum atomic E-state index is 10.2. The van der Waals surface area contributed by atoms with E-state index in [-0.39, 0.29) is 5.75 Å². The summed E-state index contributed by atoms with van der Waals surface area (Å²) in [7, 11) is 0. The molecule has 188 valence electrons. The fourth-order valence-corrected chi connectivity index (χ4v) is 5.62. The zero-order chi connectivity index (χ0) is 24.3. The molecule has 3 aromatic rings. The van der Waals surface area contributed by atoms with E-state index in [0.29, 0.717) is 19.2 Å². The zero-order valence-corrected chi connectivity index (χ0v) is 20.7. The highest BCUT2D eigenvalue weighted by Crippen LogP contribution is 2.40. The average molecular weight is 487 g/mol. The van der Waals surface area contributed by atoms with Gasteiger partial charge in [-0.25, -0.2) is 9.97 Å². The molecule has 3 aliphatic rings. The predicted molar refractivity (Wildman–Crippen MR) is 142 cm³/mol. The van der Waals surface area contributed by atoms with Crippen molar-refractivity contribution in [2.75, 3.05) is 54.5 Å². The molecule has 0 unspecified atom stereocenters. The number of hydrogen-bond acceptors (Lipinski definition) is 8. The van der Waals surface area contributed by atoms with Crippen LogP contribution < -0.4 is 15.1 Å². The third-order valence-electron chi connectivity index (χ3n) is 7.58. The van der Waals surface area contributed by atoms with Crippen LogP contribution in [-0.4, -0.2) is 59.5 Å². The van der Waals surface area contributed by atoms with Crippen molar-refractivity contribution >= 4 is 23.3 Å². The van der Waals surface area contributed by atoms with Gasteiger partial charge < -0.3 is 25.0 Å². The quantitative estimate of drug-likeness (QED) is 0.515. The number of aromatic hydroxyl groups is 1. The lowest BCUT2D eigenvalue weighted by molar-refractivity contribution is 0.122. The van der Waals surface area contributed by atoms with Crippen molar-refractivity contribution in [2.24, 2.45) is 5.92 Å². The van der Waals surface area contributed by atoms with Crippen LogP contribution in [0.1, 0.15) is 37.7 Å². The number of aromatic nitrogens is 3. The number of rotatable bonds is 6. The normalized spacial score (nSPS) is 18.3. The standard InChI is InChI=1S/C28H34N6O2/c35-23-8-4-7-21(17-23)26-24-10-12-34(27(24)32-28(31-26)33-13-15-36-16-14-33)22-9-11-29-25(18-22)30-19-20-5-2-1-3-6-20/h4,7-9,11,17-18,20,35H,1-3,5-6,10,12-16,19H2,(H,29,30). The highest BCUT2D eigenvalue weighted by molar-refractivity contribution is 5.78. The zero-order valence-electron chi connectivity index (χ0n) is 20.7. The molecule has 0 amide bonds. The first kappa shape index (κ1) is 23.0. The van der Waals surface area contributed by atoms with Crippen molar-refractivity contribution < 1.29 is 9.84 Å². The fraction of sp³-hybridized carbons (Fsp3) is 0.464. The van der Waals surface area contributed by atoms with Gasteiger partial charge in [0.2, 0.25) is 5.95 Å². The summed E-state index contributed by atoms with van der Waals surface area (Å²) in [6, 6.07) is 11.6. The SMILES string of the molecule is Oc1cccc(-c2nc(N3CCOCC3)nc3c2CCN3c2ccnc(NCC3CCCCC3)c2)c1. The molecule has 0 atom stereocenters. The van der Waals surface area contributed by atoms with E-state index in [1.54, 1.807) is 12.1 Å². The van der Waals surface area contributed by atoms with Crippen LogP contribution in [0.2, 0.25) is 0 Å². The number of phenols is 1.